The number of hydrazine groups is 1. The highest BCUT2D eigenvalue weighted by atomic mass is 32.2. The Labute approximate surface area is 155 Å². The molecule has 6 heteroatoms. The van der Waals surface area contributed by atoms with Gasteiger partial charge in [-0.1, -0.05) is 48.2 Å². The van der Waals surface area contributed by atoms with Gasteiger partial charge in [0.25, 0.3) is 5.91 Å². The van der Waals surface area contributed by atoms with Gasteiger partial charge in [0.2, 0.25) is 0 Å². The largest absolute Gasteiger partial charge is 0.488 e. The molecule has 0 aromatic heterocycles. The zero-order valence-electron chi connectivity index (χ0n) is 13.1. The van der Waals surface area contributed by atoms with Crippen LogP contribution < -0.4 is 10.2 Å². The molecule has 124 valence electrons. The fraction of sp³-hybridized carbons (Fsp3) is 0.0526. The Morgan fingerprint density at radius 2 is 1.88 bits per heavy atom. The summed E-state index contributed by atoms with van der Waals surface area (Å²) in [6, 6.07) is 17.3. The van der Waals surface area contributed by atoms with Gasteiger partial charge in [-0.05, 0) is 48.1 Å². The first-order chi connectivity index (χ1) is 12.2. The number of ether oxygens (including phenoxy) is 1. The standard InChI is InChI=1S/C19H14N2O2S2/c22-18-17(11-13-10-14-6-4-5-9-16(14)23-12-13)25-19(24)21(18)20-15-7-2-1-3-8-15/h1-11,20H,12H2. The first-order valence-corrected chi connectivity index (χ1v) is 8.95. The van der Waals surface area contributed by atoms with Crippen molar-refractivity contribution >= 4 is 46.0 Å². The second kappa shape index (κ2) is 6.74. The number of fused-ring (bicyclic) bond motifs is 1. The SMILES string of the molecule is O=C1C(=CC2=Cc3ccccc3OC2)SC(=S)N1Nc1ccccc1. The van der Waals surface area contributed by atoms with Crippen LogP contribution in [-0.4, -0.2) is 21.8 Å². The topological polar surface area (TPSA) is 41.6 Å². The predicted molar refractivity (Wildman–Crippen MR) is 105 cm³/mol. The molecule has 0 bridgehead atoms. The molecule has 2 aromatic carbocycles. The highest BCUT2D eigenvalue weighted by Gasteiger charge is 2.32. The summed E-state index contributed by atoms with van der Waals surface area (Å²) in [5.74, 6) is 0.705. The third-order valence-electron chi connectivity index (χ3n) is 3.78. The van der Waals surface area contributed by atoms with Crippen LogP contribution in [0.1, 0.15) is 5.56 Å². The van der Waals surface area contributed by atoms with Crippen LogP contribution in [-0.2, 0) is 4.79 Å². The fourth-order valence-corrected chi connectivity index (χ4v) is 3.79. The van der Waals surface area contributed by atoms with Crippen molar-refractivity contribution in [1.29, 1.82) is 0 Å². The normalized spacial score (nSPS) is 18.0. The Morgan fingerprint density at radius 1 is 1.12 bits per heavy atom. The van der Waals surface area contributed by atoms with E-state index in [0.29, 0.717) is 15.8 Å². The Kier molecular flexibility index (Phi) is 4.29. The lowest BCUT2D eigenvalue weighted by atomic mass is 10.1. The van der Waals surface area contributed by atoms with Gasteiger partial charge >= 0.3 is 0 Å². The zero-order valence-corrected chi connectivity index (χ0v) is 14.8. The number of rotatable bonds is 3. The monoisotopic (exact) mass is 366 g/mol. The molecule has 2 heterocycles. The number of carbonyl (C=O) groups is 1. The van der Waals surface area contributed by atoms with E-state index < -0.39 is 0 Å². The fourth-order valence-electron chi connectivity index (χ4n) is 2.59. The summed E-state index contributed by atoms with van der Waals surface area (Å²) in [5, 5.41) is 1.40. The summed E-state index contributed by atoms with van der Waals surface area (Å²) in [5.41, 5.74) is 5.82. The van der Waals surface area contributed by atoms with Crippen LogP contribution in [0.4, 0.5) is 5.69 Å². The van der Waals surface area contributed by atoms with E-state index in [1.165, 1.54) is 16.8 Å². The highest BCUT2D eigenvalue weighted by Crippen LogP contribution is 2.34. The van der Waals surface area contributed by atoms with E-state index in [1.807, 2.05) is 66.7 Å². The molecule has 1 amide bonds. The van der Waals surface area contributed by atoms with Crippen LogP contribution >= 0.6 is 24.0 Å². The summed E-state index contributed by atoms with van der Waals surface area (Å²) < 4.78 is 6.22. The lowest BCUT2D eigenvalue weighted by Crippen LogP contribution is -2.33. The van der Waals surface area contributed by atoms with E-state index in [-0.39, 0.29) is 5.91 Å². The van der Waals surface area contributed by atoms with Gasteiger partial charge in [0.1, 0.15) is 12.4 Å². The maximum absolute atomic E-state index is 12.7. The Balaban J connectivity index is 1.56. The maximum Gasteiger partial charge on any atom is 0.285 e. The summed E-state index contributed by atoms with van der Waals surface area (Å²) >= 11 is 6.62. The molecule has 0 spiro atoms. The number of carbonyl (C=O) groups excluding carboxylic acids is 1. The highest BCUT2D eigenvalue weighted by molar-refractivity contribution is 8.26. The van der Waals surface area contributed by atoms with Crippen LogP contribution in [0, 0.1) is 0 Å². The number of thiocarbonyl (C=S) groups is 1. The minimum Gasteiger partial charge on any atom is -0.488 e. The van der Waals surface area contributed by atoms with Gasteiger partial charge < -0.3 is 4.74 Å². The van der Waals surface area contributed by atoms with Gasteiger partial charge in [0, 0.05) is 5.56 Å². The number of hydrogen-bond donors (Lipinski definition) is 1. The second-order valence-corrected chi connectivity index (χ2v) is 7.22. The van der Waals surface area contributed by atoms with Crippen LogP contribution in [0.2, 0.25) is 0 Å². The minimum atomic E-state index is -0.154. The van der Waals surface area contributed by atoms with Crippen molar-refractivity contribution in [2.24, 2.45) is 0 Å². The van der Waals surface area contributed by atoms with Gasteiger partial charge in [0.05, 0.1) is 10.6 Å². The van der Waals surface area contributed by atoms with E-state index in [2.05, 4.69) is 5.43 Å². The van der Waals surface area contributed by atoms with E-state index in [4.69, 9.17) is 17.0 Å². The molecule has 0 atom stereocenters. The number of amides is 1. The van der Waals surface area contributed by atoms with Crippen molar-refractivity contribution < 1.29 is 9.53 Å². The first kappa shape index (κ1) is 15.9. The van der Waals surface area contributed by atoms with E-state index in [1.54, 1.807) is 0 Å². The van der Waals surface area contributed by atoms with E-state index in [9.17, 15) is 4.79 Å². The molecular formula is C19H14N2O2S2. The second-order valence-electron chi connectivity index (χ2n) is 5.54. The smallest absolute Gasteiger partial charge is 0.285 e. The van der Waals surface area contributed by atoms with Gasteiger partial charge in [-0.3, -0.25) is 10.2 Å². The third kappa shape index (κ3) is 3.31. The molecule has 0 radical (unpaired) electrons. The number of anilines is 1. The first-order valence-electron chi connectivity index (χ1n) is 7.73. The Hall–Kier alpha value is -2.57. The molecule has 4 rings (SSSR count). The number of hydrogen-bond acceptors (Lipinski definition) is 5. The molecule has 2 aliphatic heterocycles. The van der Waals surface area contributed by atoms with Crippen molar-refractivity contribution in [2.45, 2.75) is 0 Å². The van der Waals surface area contributed by atoms with Crippen molar-refractivity contribution in [3.8, 4) is 5.75 Å². The molecular weight excluding hydrogens is 352 g/mol. The lowest BCUT2D eigenvalue weighted by Gasteiger charge is -2.17. The molecule has 25 heavy (non-hydrogen) atoms. The minimum absolute atomic E-state index is 0.154. The van der Waals surface area contributed by atoms with Crippen LogP contribution in [0.15, 0.2) is 71.2 Å². The summed E-state index contributed by atoms with van der Waals surface area (Å²) in [6.07, 6.45) is 3.89. The summed E-state index contributed by atoms with van der Waals surface area (Å²) in [6.45, 7) is 0.438. The number of nitrogens with zero attached hydrogens (tertiary/aromatic N) is 1. The quantitative estimate of drug-likeness (QED) is 0.650. The molecule has 4 nitrogen and oxygen atoms in total. The molecule has 2 aliphatic rings. The van der Waals surface area contributed by atoms with Crippen LogP contribution in [0.5, 0.6) is 5.75 Å². The maximum atomic E-state index is 12.7. The van der Waals surface area contributed by atoms with Crippen molar-refractivity contribution in [2.75, 3.05) is 12.0 Å². The third-order valence-corrected chi connectivity index (χ3v) is 5.08. The molecule has 1 saturated heterocycles. The Bertz CT molecular complexity index is 907. The van der Waals surface area contributed by atoms with E-state index in [0.717, 1.165) is 22.6 Å². The van der Waals surface area contributed by atoms with Gasteiger partial charge in [-0.2, -0.15) is 0 Å². The van der Waals surface area contributed by atoms with E-state index >= 15 is 0 Å². The zero-order chi connectivity index (χ0) is 17.2. The number of benzene rings is 2. The summed E-state index contributed by atoms with van der Waals surface area (Å²) in [7, 11) is 0. The number of nitrogens with one attached hydrogen (secondary N) is 1. The lowest BCUT2D eigenvalue weighted by molar-refractivity contribution is -0.121. The Morgan fingerprint density at radius 3 is 2.72 bits per heavy atom. The summed E-state index contributed by atoms with van der Waals surface area (Å²) in [4.78, 5) is 13.2. The van der Waals surface area contributed by atoms with Crippen LogP contribution in [0.3, 0.4) is 0 Å². The number of para-hydroxylation sites is 2. The van der Waals surface area contributed by atoms with Gasteiger partial charge in [0.15, 0.2) is 4.32 Å². The molecule has 0 saturated carbocycles. The van der Waals surface area contributed by atoms with Crippen molar-refractivity contribution in [3.05, 3.63) is 76.7 Å². The molecule has 1 fully saturated rings. The molecule has 1 N–H and O–H groups in total. The number of thioether (sulfide) groups is 1. The van der Waals surface area contributed by atoms with Gasteiger partial charge in [-0.15, -0.1) is 0 Å². The van der Waals surface area contributed by atoms with Crippen molar-refractivity contribution in [3.63, 3.8) is 0 Å². The molecule has 2 aromatic rings. The predicted octanol–water partition coefficient (Wildman–Crippen LogP) is 4.23. The molecule has 0 aliphatic carbocycles. The van der Waals surface area contributed by atoms with Crippen LogP contribution in [0.25, 0.3) is 6.08 Å². The van der Waals surface area contributed by atoms with Crippen molar-refractivity contribution in [1.82, 2.24) is 5.01 Å². The molecule has 0 unspecified atom stereocenters. The van der Waals surface area contributed by atoms with Gasteiger partial charge in [-0.25, -0.2) is 5.01 Å². The average Bonchev–Trinajstić information content (AvgIpc) is 2.90. The average molecular weight is 366 g/mol.